The number of aliphatic hydroxyl groups excluding tert-OH is 3. The Morgan fingerprint density at radius 1 is 0.511 bits per heavy atom. The van der Waals surface area contributed by atoms with Gasteiger partial charge in [-0.2, -0.15) is 0 Å². The third-order valence-electron chi connectivity index (χ3n) is 9.54. The van der Waals surface area contributed by atoms with Crippen LogP contribution >= 0.6 is 0 Å². The number of allylic oxidation sites excluding steroid dienone is 3. The summed E-state index contributed by atoms with van der Waals surface area (Å²) in [5.74, 6) is -0.513. The number of rotatable bonds is 37. The smallest absolute Gasteiger partial charge is 0.249 e. The maximum Gasteiger partial charge on any atom is 0.249 e. The minimum atomic E-state index is -1.10. The summed E-state index contributed by atoms with van der Waals surface area (Å²) in [6, 6.07) is -0.808. The van der Waals surface area contributed by atoms with E-state index < -0.39 is 24.2 Å². The fraction of sp³-hybridized carbons (Fsp3) is 0.881. The predicted octanol–water partition coefficient (Wildman–Crippen LogP) is 11.4. The molecule has 3 atom stereocenters. The van der Waals surface area contributed by atoms with Crippen LogP contribution in [0.5, 0.6) is 0 Å². The summed E-state index contributed by atoms with van der Waals surface area (Å²) < 4.78 is 0. The predicted molar refractivity (Wildman–Crippen MR) is 204 cm³/mol. The van der Waals surface area contributed by atoms with E-state index >= 15 is 0 Å². The standard InChI is InChI=1S/C42H81NO4/c1-3-5-7-9-11-13-15-16-17-18-19-20-21-22-23-24-25-26-27-29-31-33-35-37-41(46)42(47)43-39(38-44)40(45)36-34-32-30-28-14-12-10-8-6-4-2/h14,28,34,36,39-41,44-46H,3-13,15-27,29-33,35,37-38H2,1-2H3,(H,43,47)/b28-14+,36-34+. The molecule has 0 heterocycles. The molecular formula is C42H81NO4. The van der Waals surface area contributed by atoms with Gasteiger partial charge in [-0.15, -0.1) is 0 Å². The second-order valence-electron chi connectivity index (χ2n) is 14.2. The molecule has 3 unspecified atom stereocenters. The van der Waals surface area contributed by atoms with Gasteiger partial charge in [-0.3, -0.25) is 4.79 Å². The van der Waals surface area contributed by atoms with Gasteiger partial charge in [-0.05, 0) is 32.1 Å². The first-order valence-corrected chi connectivity index (χ1v) is 20.7. The van der Waals surface area contributed by atoms with E-state index in [0.29, 0.717) is 6.42 Å². The highest BCUT2D eigenvalue weighted by Gasteiger charge is 2.22. The fourth-order valence-electron chi connectivity index (χ4n) is 6.26. The third kappa shape index (κ3) is 33.1. The van der Waals surface area contributed by atoms with E-state index in [-0.39, 0.29) is 6.61 Å². The Labute approximate surface area is 292 Å². The zero-order chi connectivity index (χ0) is 34.5. The van der Waals surface area contributed by atoms with Gasteiger partial charge in [0.1, 0.15) is 6.10 Å². The minimum absolute atomic E-state index is 0.374. The van der Waals surface area contributed by atoms with Crippen LogP contribution in [0.15, 0.2) is 24.3 Å². The summed E-state index contributed by atoms with van der Waals surface area (Å²) in [6.45, 7) is 4.13. The normalized spacial score (nSPS) is 13.9. The van der Waals surface area contributed by atoms with Crippen LogP contribution in [0.3, 0.4) is 0 Å². The number of carbonyl (C=O) groups is 1. The maximum absolute atomic E-state index is 12.4. The number of aliphatic hydroxyl groups is 3. The quantitative estimate of drug-likeness (QED) is 0.0393. The van der Waals surface area contributed by atoms with E-state index in [0.717, 1.165) is 38.5 Å². The van der Waals surface area contributed by atoms with Crippen molar-refractivity contribution in [2.45, 2.75) is 231 Å². The molecule has 0 spiro atoms. The molecule has 0 saturated heterocycles. The zero-order valence-corrected chi connectivity index (χ0v) is 31.4. The molecule has 0 aromatic carbocycles. The Bertz CT molecular complexity index is 694. The SMILES string of the molecule is CCCCCC/C=C/CC/C=C/C(O)C(CO)NC(=O)C(O)CCCCCCCCCCCCCCCCCCCCCCCCC. The maximum atomic E-state index is 12.4. The molecule has 0 rings (SSSR count). The molecule has 0 aliphatic carbocycles. The van der Waals surface area contributed by atoms with Crippen LogP contribution in [-0.2, 0) is 4.79 Å². The lowest BCUT2D eigenvalue weighted by Gasteiger charge is -2.21. The van der Waals surface area contributed by atoms with Crippen molar-refractivity contribution in [3.05, 3.63) is 24.3 Å². The first-order valence-electron chi connectivity index (χ1n) is 20.7. The van der Waals surface area contributed by atoms with E-state index in [1.165, 1.54) is 154 Å². The molecule has 0 fully saturated rings. The molecular weight excluding hydrogens is 582 g/mol. The van der Waals surface area contributed by atoms with Crippen LogP contribution in [0, 0.1) is 0 Å². The Hall–Kier alpha value is -1.17. The lowest BCUT2D eigenvalue weighted by Crippen LogP contribution is -2.48. The Balaban J connectivity index is 3.60. The van der Waals surface area contributed by atoms with E-state index in [9.17, 15) is 20.1 Å². The summed E-state index contributed by atoms with van der Waals surface area (Å²) in [5.41, 5.74) is 0. The highest BCUT2D eigenvalue weighted by molar-refractivity contribution is 5.80. The van der Waals surface area contributed by atoms with Crippen LogP contribution in [0.2, 0.25) is 0 Å². The third-order valence-corrected chi connectivity index (χ3v) is 9.54. The van der Waals surface area contributed by atoms with Gasteiger partial charge in [0, 0.05) is 0 Å². The average molecular weight is 664 g/mol. The molecule has 4 N–H and O–H groups in total. The monoisotopic (exact) mass is 664 g/mol. The molecule has 0 aromatic heterocycles. The molecule has 0 bridgehead atoms. The van der Waals surface area contributed by atoms with E-state index in [2.05, 4.69) is 31.3 Å². The number of amides is 1. The van der Waals surface area contributed by atoms with Gasteiger partial charge in [-0.1, -0.05) is 205 Å². The van der Waals surface area contributed by atoms with Crippen molar-refractivity contribution in [3.8, 4) is 0 Å². The average Bonchev–Trinajstić information content (AvgIpc) is 3.07. The summed E-state index contributed by atoms with van der Waals surface area (Å²) in [6.07, 6.45) is 45.0. The first kappa shape index (κ1) is 45.8. The van der Waals surface area contributed by atoms with E-state index in [1.807, 2.05) is 6.08 Å². The number of unbranched alkanes of at least 4 members (excludes halogenated alkanes) is 27. The first-order chi connectivity index (χ1) is 23.1. The van der Waals surface area contributed by atoms with Crippen molar-refractivity contribution in [1.82, 2.24) is 5.32 Å². The highest BCUT2D eigenvalue weighted by Crippen LogP contribution is 2.16. The molecule has 0 radical (unpaired) electrons. The molecule has 0 saturated carbocycles. The number of carbonyl (C=O) groups excluding carboxylic acids is 1. The molecule has 0 aliphatic heterocycles. The van der Waals surface area contributed by atoms with Crippen molar-refractivity contribution < 1.29 is 20.1 Å². The van der Waals surface area contributed by atoms with Gasteiger partial charge in [-0.25, -0.2) is 0 Å². The van der Waals surface area contributed by atoms with Gasteiger partial charge in [0.25, 0.3) is 0 Å². The second kappa shape index (κ2) is 37.6. The highest BCUT2D eigenvalue weighted by atomic mass is 16.3. The topological polar surface area (TPSA) is 89.8 Å². The summed E-state index contributed by atoms with van der Waals surface area (Å²) in [4.78, 5) is 12.4. The Kier molecular flexibility index (Phi) is 36.7. The molecule has 5 heteroatoms. The van der Waals surface area contributed by atoms with Gasteiger partial charge in [0.15, 0.2) is 0 Å². The van der Waals surface area contributed by atoms with Gasteiger partial charge >= 0.3 is 0 Å². The van der Waals surface area contributed by atoms with Crippen LogP contribution in [0.25, 0.3) is 0 Å². The molecule has 278 valence electrons. The number of hydrogen-bond donors (Lipinski definition) is 4. The Morgan fingerprint density at radius 3 is 1.30 bits per heavy atom. The van der Waals surface area contributed by atoms with Crippen molar-refractivity contribution in [2.24, 2.45) is 0 Å². The van der Waals surface area contributed by atoms with Crippen molar-refractivity contribution in [2.75, 3.05) is 6.61 Å². The second-order valence-corrected chi connectivity index (χ2v) is 14.2. The van der Waals surface area contributed by atoms with Crippen LogP contribution in [0.4, 0.5) is 0 Å². The van der Waals surface area contributed by atoms with Gasteiger partial charge in [0.2, 0.25) is 5.91 Å². The lowest BCUT2D eigenvalue weighted by molar-refractivity contribution is -0.131. The van der Waals surface area contributed by atoms with Crippen LogP contribution < -0.4 is 5.32 Å². The minimum Gasteiger partial charge on any atom is -0.394 e. The van der Waals surface area contributed by atoms with Crippen molar-refractivity contribution >= 4 is 5.91 Å². The van der Waals surface area contributed by atoms with Gasteiger partial charge < -0.3 is 20.6 Å². The van der Waals surface area contributed by atoms with E-state index in [1.54, 1.807) is 6.08 Å². The van der Waals surface area contributed by atoms with Crippen molar-refractivity contribution in [3.63, 3.8) is 0 Å². The molecule has 47 heavy (non-hydrogen) atoms. The molecule has 5 nitrogen and oxygen atoms in total. The van der Waals surface area contributed by atoms with Crippen molar-refractivity contribution in [1.29, 1.82) is 0 Å². The number of nitrogens with one attached hydrogen (secondary N) is 1. The summed E-state index contributed by atoms with van der Waals surface area (Å²) >= 11 is 0. The molecule has 0 aromatic rings. The summed E-state index contributed by atoms with van der Waals surface area (Å²) in [5, 5.41) is 32.9. The van der Waals surface area contributed by atoms with Gasteiger partial charge in [0.05, 0.1) is 18.8 Å². The lowest BCUT2D eigenvalue weighted by atomic mass is 10.0. The van der Waals surface area contributed by atoms with E-state index in [4.69, 9.17) is 0 Å². The fourth-order valence-corrected chi connectivity index (χ4v) is 6.26. The van der Waals surface area contributed by atoms with Crippen LogP contribution in [0.1, 0.15) is 213 Å². The molecule has 0 aliphatic rings. The zero-order valence-electron chi connectivity index (χ0n) is 31.4. The summed E-state index contributed by atoms with van der Waals surface area (Å²) in [7, 11) is 0. The van der Waals surface area contributed by atoms with Crippen LogP contribution in [-0.4, -0.2) is 46.1 Å². The number of hydrogen-bond acceptors (Lipinski definition) is 4. The molecule has 1 amide bonds. The Morgan fingerprint density at radius 2 is 0.872 bits per heavy atom. The largest absolute Gasteiger partial charge is 0.394 e.